The molecule has 3 N–H and O–H groups in total. The van der Waals surface area contributed by atoms with Gasteiger partial charge >= 0.3 is 0 Å². The van der Waals surface area contributed by atoms with Crippen LogP contribution in [0.15, 0.2) is 36.7 Å². The van der Waals surface area contributed by atoms with E-state index >= 15 is 0 Å². The van der Waals surface area contributed by atoms with E-state index in [4.69, 9.17) is 5.73 Å². The summed E-state index contributed by atoms with van der Waals surface area (Å²) in [6.07, 6.45) is 4.54. The number of carbonyl (C=O) groups excluding carboxylic acids is 1. The molecule has 1 aliphatic rings. The molecule has 1 aliphatic heterocycles. The second-order valence-corrected chi connectivity index (χ2v) is 6.18. The van der Waals surface area contributed by atoms with Gasteiger partial charge in [-0.25, -0.2) is 0 Å². The zero-order valence-electron chi connectivity index (χ0n) is 13.0. The zero-order valence-corrected chi connectivity index (χ0v) is 13.0. The average molecular weight is 309 g/mol. The Labute approximate surface area is 133 Å². The Morgan fingerprint density at radius 3 is 3.04 bits per heavy atom. The summed E-state index contributed by atoms with van der Waals surface area (Å²) in [7, 11) is 1.99. The van der Waals surface area contributed by atoms with Gasteiger partial charge in [0.05, 0.1) is 17.6 Å². The van der Waals surface area contributed by atoms with E-state index in [1.807, 2.05) is 40.9 Å². The molecule has 1 fully saturated rings. The lowest BCUT2D eigenvalue weighted by Gasteiger charge is -2.16. The number of rotatable bonds is 2. The van der Waals surface area contributed by atoms with Crippen LogP contribution in [0.25, 0.3) is 10.9 Å². The largest absolute Gasteiger partial charge is 0.396 e. The molecule has 1 aromatic carbocycles. The molecule has 3 aromatic rings. The lowest BCUT2D eigenvalue weighted by Crippen LogP contribution is -2.28. The van der Waals surface area contributed by atoms with Crippen LogP contribution >= 0.6 is 0 Å². The minimum absolute atomic E-state index is 0.0775. The van der Waals surface area contributed by atoms with Crippen molar-refractivity contribution >= 4 is 22.5 Å². The summed E-state index contributed by atoms with van der Waals surface area (Å²) in [5, 5.41) is 8.08. The van der Waals surface area contributed by atoms with Gasteiger partial charge in [-0.3, -0.25) is 9.89 Å². The van der Waals surface area contributed by atoms with Crippen molar-refractivity contribution in [3.8, 4) is 0 Å². The first-order valence-electron chi connectivity index (χ1n) is 7.76. The number of anilines is 1. The van der Waals surface area contributed by atoms with Crippen molar-refractivity contribution in [3.05, 3.63) is 47.9 Å². The maximum atomic E-state index is 12.8. The highest BCUT2D eigenvalue weighted by Gasteiger charge is 2.30. The average Bonchev–Trinajstić information content (AvgIpc) is 3.27. The number of benzene rings is 1. The smallest absolute Gasteiger partial charge is 0.253 e. The lowest BCUT2D eigenvalue weighted by atomic mass is 10.0. The number of fused-ring (bicyclic) bond motifs is 1. The number of H-pyrrole nitrogens is 1. The highest BCUT2D eigenvalue weighted by molar-refractivity contribution is 5.98. The fourth-order valence-corrected chi connectivity index (χ4v) is 3.39. The van der Waals surface area contributed by atoms with E-state index in [-0.39, 0.29) is 11.8 Å². The van der Waals surface area contributed by atoms with Crippen LogP contribution in [0.2, 0.25) is 0 Å². The number of aryl methyl sites for hydroxylation is 1. The third-order valence-corrected chi connectivity index (χ3v) is 4.72. The normalized spacial score (nSPS) is 18.0. The lowest BCUT2D eigenvalue weighted by molar-refractivity contribution is 0.0791. The Kier molecular flexibility index (Phi) is 3.11. The Bertz CT molecular complexity index is 878. The number of aromatic amines is 1. The van der Waals surface area contributed by atoms with Gasteiger partial charge in [0.2, 0.25) is 0 Å². The minimum Gasteiger partial charge on any atom is -0.396 e. The monoisotopic (exact) mass is 309 g/mol. The molecular formula is C17H19N5O. The Balaban J connectivity index is 1.57. The molecule has 23 heavy (non-hydrogen) atoms. The van der Waals surface area contributed by atoms with Gasteiger partial charge in [0.25, 0.3) is 5.91 Å². The van der Waals surface area contributed by atoms with Crippen LogP contribution < -0.4 is 5.73 Å². The summed E-state index contributed by atoms with van der Waals surface area (Å²) in [4.78, 5) is 14.7. The van der Waals surface area contributed by atoms with E-state index in [2.05, 4.69) is 16.3 Å². The SMILES string of the molecule is Cn1ccc2ccc(C(=O)N3CCC(c4[nH]ncc4N)C3)cc21. The van der Waals surface area contributed by atoms with Gasteiger partial charge in [-0.15, -0.1) is 0 Å². The number of nitrogens with zero attached hydrogens (tertiary/aromatic N) is 3. The van der Waals surface area contributed by atoms with Gasteiger partial charge in [-0.2, -0.15) is 5.10 Å². The first-order valence-corrected chi connectivity index (χ1v) is 7.76. The number of likely N-dealkylation sites (tertiary alicyclic amines) is 1. The van der Waals surface area contributed by atoms with Gasteiger partial charge in [0.15, 0.2) is 0 Å². The zero-order chi connectivity index (χ0) is 16.0. The quantitative estimate of drug-likeness (QED) is 0.761. The van der Waals surface area contributed by atoms with Crippen LogP contribution in [-0.4, -0.2) is 38.7 Å². The van der Waals surface area contributed by atoms with E-state index in [0.29, 0.717) is 12.2 Å². The van der Waals surface area contributed by atoms with E-state index < -0.39 is 0 Å². The van der Waals surface area contributed by atoms with Crippen LogP contribution in [-0.2, 0) is 7.05 Å². The van der Waals surface area contributed by atoms with Crippen LogP contribution in [0.4, 0.5) is 5.69 Å². The molecule has 1 atom stereocenters. The van der Waals surface area contributed by atoms with Gasteiger partial charge in [-0.1, -0.05) is 6.07 Å². The highest BCUT2D eigenvalue weighted by atomic mass is 16.2. The molecule has 4 rings (SSSR count). The van der Waals surface area contributed by atoms with Crippen molar-refractivity contribution in [2.24, 2.45) is 7.05 Å². The van der Waals surface area contributed by atoms with Crippen molar-refractivity contribution < 1.29 is 4.79 Å². The number of carbonyl (C=O) groups is 1. The van der Waals surface area contributed by atoms with Crippen LogP contribution in [0.3, 0.4) is 0 Å². The predicted octanol–water partition coefficient (Wildman–Crippen LogP) is 2.11. The fourth-order valence-electron chi connectivity index (χ4n) is 3.39. The van der Waals surface area contributed by atoms with E-state index in [1.165, 1.54) is 0 Å². The van der Waals surface area contributed by atoms with E-state index in [0.717, 1.165) is 35.1 Å². The molecule has 1 amide bonds. The molecule has 6 heteroatoms. The van der Waals surface area contributed by atoms with E-state index in [9.17, 15) is 4.79 Å². The first kappa shape index (κ1) is 13.9. The minimum atomic E-state index is 0.0775. The molecule has 0 bridgehead atoms. The van der Waals surface area contributed by atoms with Gasteiger partial charge in [0.1, 0.15) is 0 Å². The van der Waals surface area contributed by atoms with Crippen molar-refractivity contribution in [1.82, 2.24) is 19.7 Å². The topological polar surface area (TPSA) is 79.9 Å². The second-order valence-electron chi connectivity index (χ2n) is 6.18. The Morgan fingerprint density at radius 1 is 1.39 bits per heavy atom. The number of aromatic nitrogens is 3. The van der Waals surface area contributed by atoms with E-state index in [1.54, 1.807) is 6.20 Å². The van der Waals surface area contributed by atoms with Crippen molar-refractivity contribution in [1.29, 1.82) is 0 Å². The first-order chi connectivity index (χ1) is 11.1. The molecule has 0 spiro atoms. The molecule has 1 unspecified atom stereocenters. The molecule has 2 aromatic heterocycles. The molecule has 0 aliphatic carbocycles. The Morgan fingerprint density at radius 2 is 2.26 bits per heavy atom. The third-order valence-electron chi connectivity index (χ3n) is 4.72. The number of nitrogen functional groups attached to an aromatic ring is 1. The summed E-state index contributed by atoms with van der Waals surface area (Å²) in [5.41, 5.74) is 9.35. The van der Waals surface area contributed by atoms with Gasteiger partial charge < -0.3 is 15.2 Å². The number of amides is 1. The Hall–Kier alpha value is -2.76. The van der Waals surface area contributed by atoms with Crippen molar-refractivity contribution in [2.75, 3.05) is 18.8 Å². The number of nitrogens with two attached hydrogens (primary N) is 1. The third kappa shape index (κ3) is 2.27. The number of nitrogens with one attached hydrogen (secondary N) is 1. The van der Waals surface area contributed by atoms with Gasteiger partial charge in [-0.05, 0) is 30.0 Å². The van der Waals surface area contributed by atoms with Crippen LogP contribution in [0.5, 0.6) is 0 Å². The standard InChI is InChI=1S/C17H19N5O/c1-21-6-4-11-2-3-12(8-15(11)21)17(23)22-7-5-13(10-22)16-14(18)9-19-20-16/h2-4,6,8-9,13H,5,7,10,18H2,1H3,(H,19,20). The molecule has 0 radical (unpaired) electrons. The maximum Gasteiger partial charge on any atom is 0.253 e. The summed E-state index contributed by atoms with van der Waals surface area (Å²) in [6, 6.07) is 7.93. The fraction of sp³-hybridized carbons (Fsp3) is 0.294. The van der Waals surface area contributed by atoms with Crippen LogP contribution in [0, 0.1) is 0 Å². The summed E-state index contributed by atoms with van der Waals surface area (Å²) in [5.74, 6) is 0.314. The number of hydrogen-bond acceptors (Lipinski definition) is 3. The predicted molar refractivity (Wildman–Crippen MR) is 89.2 cm³/mol. The molecule has 0 saturated carbocycles. The summed E-state index contributed by atoms with van der Waals surface area (Å²) >= 11 is 0. The maximum absolute atomic E-state index is 12.8. The van der Waals surface area contributed by atoms with Crippen LogP contribution in [0.1, 0.15) is 28.4 Å². The highest BCUT2D eigenvalue weighted by Crippen LogP contribution is 2.30. The molecule has 118 valence electrons. The molecule has 1 saturated heterocycles. The van der Waals surface area contributed by atoms with Crippen molar-refractivity contribution in [2.45, 2.75) is 12.3 Å². The van der Waals surface area contributed by atoms with Gasteiger partial charge in [0, 0.05) is 43.3 Å². The second kappa shape index (κ2) is 5.15. The molecule has 6 nitrogen and oxygen atoms in total. The molecule has 3 heterocycles. The molecular weight excluding hydrogens is 290 g/mol. The summed E-state index contributed by atoms with van der Waals surface area (Å²) < 4.78 is 2.03. The van der Waals surface area contributed by atoms with Crippen molar-refractivity contribution in [3.63, 3.8) is 0 Å². The number of hydrogen-bond donors (Lipinski definition) is 2. The summed E-state index contributed by atoms with van der Waals surface area (Å²) in [6.45, 7) is 1.42.